The van der Waals surface area contributed by atoms with Gasteiger partial charge in [0.2, 0.25) is 5.91 Å². The summed E-state index contributed by atoms with van der Waals surface area (Å²) < 4.78 is 0. The average Bonchev–Trinajstić information content (AvgIpc) is 2.72. The molecule has 1 unspecified atom stereocenters. The highest BCUT2D eigenvalue weighted by molar-refractivity contribution is 5.81. The lowest BCUT2D eigenvalue weighted by atomic mass is 9.83. The normalized spacial score (nSPS) is 34.4. The van der Waals surface area contributed by atoms with E-state index in [0.717, 1.165) is 12.3 Å². The first-order valence-electron chi connectivity index (χ1n) is 7.30. The van der Waals surface area contributed by atoms with Gasteiger partial charge in [-0.05, 0) is 38.0 Å². The predicted octanol–water partition coefficient (Wildman–Crippen LogP) is 2.51. The van der Waals surface area contributed by atoms with Crippen LogP contribution in [0.25, 0.3) is 0 Å². The molecule has 2 rings (SSSR count). The largest absolute Gasteiger partial charge is 0.323 e. The first-order valence-corrected chi connectivity index (χ1v) is 7.30. The highest BCUT2D eigenvalue weighted by atomic mass is 16.2. The molecule has 0 aromatic rings. The van der Waals surface area contributed by atoms with Crippen molar-refractivity contribution in [3.05, 3.63) is 0 Å². The van der Waals surface area contributed by atoms with Crippen LogP contribution in [0.15, 0.2) is 0 Å². The van der Waals surface area contributed by atoms with E-state index in [-0.39, 0.29) is 0 Å². The molecular weight excluding hydrogens is 212 g/mol. The molecule has 0 bridgehead atoms. The highest BCUT2D eigenvalue weighted by Gasteiger charge is 2.36. The molecule has 1 aliphatic carbocycles. The Bertz CT molecular complexity index is 259. The minimum absolute atomic E-state index is 0.301. The van der Waals surface area contributed by atoms with E-state index in [2.05, 4.69) is 24.1 Å². The maximum atomic E-state index is 11.9. The molecule has 1 aliphatic heterocycles. The van der Waals surface area contributed by atoms with Crippen LogP contribution in [0, 0.1) is 5.92 Å². The quantitative estimate of drug-likeness (QED) is 0.816. The summed E-state index contributed by atoms with van der Waals surface area (Å²) in [6.45, 7) is 4.98. The van der Waals surface area contributed by atoms with Gasteiger partial charge >= 0.3 is 0 Å². The summed E-state index contributed by atoms with van der Waals surface area (Å²) in [6, 6.07) is 0.510. The van der Waals surface area contributed by atoms with E-state index in [0.29, 0.717) is 24.7 Å². The number of carbonyl (C=O) groups excluding carboxylic acids is 1. The summed E-state index contributed by atoms with van der Waals surface area (Å²) in [7, 11) is 0. The molecule has 0 aromatic heterocycles. The van der Waals surface area contributed by atoms with E-state index in [1.165, 1.54) is 38.5 Å². The molecule has 98 valence electrons. The van der Waals surface area contributed by atoms with Gasteiger partial charge in [0, 0.05) is 6.04 Å². The summed E-state index contributed by atoms with van der Waals surface area (Å²) in [5, 5.41) is 3.32. The fourth-order valence-electron chi connectivity index (χ4n) is 3.49. The van der Waals surface area contributed by atoms with Crippen LogP contribution in [0.4, 0.5) is 0 Å². The van der Waals surface area contributed by atoms with Crippen LogP contribution < -0.4 is 5.32 Å². The second-order valence-electron chi connectivity index (χ2n) is 5.57. The van der Waals surface area contributed by atoms with Crippen LogP contribution in [-0.2, 0) is 4.79 Å². The average molecular weight is 238 g/mol. The molecule has 1 amide bonds. The van der Waals surface area contributed by atoms with Crippen molar-refractivity contribution in [2.45, 2.75) is 71.0 Å². The third-order valence-corrected chi connectivity index (χ3v) is 4.41. The molecule has 1 saturated heterocycles. The Hall–Kier alpha value is -0.570. The summed E-state index contributed by atoms with van der Waals surface area (Å²) >= 11 is 0. The maximum absolute atomic E-state index is 11.9. The molecule has 1 N–H and O–H groups in total. The van der Waals surface area contributed by atoms with Crippen molar-refractivity contribution in [3.8, 4) is 0 Å². The SMILES string of the molecule is CCCC1CCC(N2C(=O)CNC2CC)CC1. The molecule has 2 fully saturated rings. The zero-order chi connectivity index (χ0) is 12.3. The van der Waals surface area contributed by atoms with Gasteiger partial charge in [0.1, 0.15) is 0 Å². The van der Waals surface area contributed by atoms with E-state index < -0.39 is 0 Å². The summed E-state index contributed by atoms with van der Waals surface area (Å²) in [5.41, 5.74) is 0. The standard InChI is InChI=1S/C14H26N2O/c1-3-5-11-6-8-12(9-7-11)16-13(4-2)15-10-14(16)17/h11-13,15H,3-10H2,1-2H3. The van der Waals surface area contributed by atoms with E-state index in [1.54, 1.807) is 0 Å². The van der Waals surface area contributed by atoms with Crippen molar-refractivity contribution in [1.82, 2.24) is 10.2 Å². The Morgan fingerprint density at radius 3 is 2.53 bits per heavy atom. The van der Waals surface area contributed by atoms with E-state index in [1.807, 2.05) is 0 Å². The Morgan fingerprint density at radius 1 is 1.24 bits per heavy atom. The Balaban J connectivity index is 1.89. The summed E-state index contributed by atoms with van der Waals surface area (Å²) in [5.74, 6) is 1.23. The fourth-order valence-corrected chi connectivity index (χ4v) is 3.49. The first kappa shape index (κ1) is 12.9. The smallest absolute Gasteiger partial charge is 0.238 e. The van der Waals surface area contributed by atoms with Gasteiger partial charge in [0.15, 0.2) is 0 Å². The number of rotatable bonds is 4. The van der Waals surface area contributed by atoms with Gasteiger partial charge in [-0.15, -0.1) is 0 Å². The van der Waals surface area contributed by atoms with Gasteiger partial charge in [-0.2, -0.15) is 0 Å². The molecule has 17 heavy (non-hydrogen) atoms. The topological polar surface area (TPSA) is 32.3 Å². The molecule has 3 heteroatoms. The number of hydrogen-bond acceptors (Lipinski definition) is 2. The van der Waals surface area contributed by atoms with Crippen molar-refractivity contribution in [2.75, 3.05) is 6.54 Å². The molecule has 1 heterocycles. The maximum Gasteiger partial charge on any atom is 0.238 e. The van der Waals surface area contributed by atoms with Crippen LogP contribution in [0.5, 0.6) is 0 Å². The van der Waals surface area contributed by atoms with Crippen LogP contribution >= 0.6 is 0 Å². The second-order valence-corrected chi connectivity index (χ2v) is 5.57. The van der Waals surface area contributed by atoms with Gasteiger partial charge in [-0.1, -0.05) is 26.7 Å². The Kier molecular flexibility index (Phi) is 4.43. The van der Waals surface area contributed by atoms with Gasteiger partial charge in [0.05, 0.1) is 12.7 Å². The Labute approximate surface area is 105 Å². The van der Waals surface area contributed by atoms with Gasteiger partial charge in [-0.25, -0.2) is 0 Å². The third kappa shape index (κ3) is 2.82. The van der Waals surface area contributed by atoms with E-state index >= 15 is 0 Å². The lowest BCUT2D eigenvalue weighted by Crippen LogP contribution is -2.45. The fraction of sp³-hybridized carbons (Fsp3) is 0.929. The zero-order valence-electron chi connectivity index (χ0n) is 11.2. The lowest BCUT2D eigenvalue weighted by molar-refractivity contribution is -0.131. The van der Waals surface area contributed by atoms with Crippen molar-refractivity contribution >= 4 is 5.91 Å². The van der Waals surface area contributed by atoms with Crippen molar-refractivity contribution in [3.63, 3.8) is 0 Å². The first-order chi connectivity index (χ1) is 8.26. The number of hydrogen-bond donors (Lipinski definition) is 1. The molecule has 2 aliphatic rings. The Morgan fingerprint density at radius 2 is 1.94 bits per heavy atom. The summed E-state index contributed by atoms with van der Waals surface area (Å²) in [6.07, 6.45) is 9.07. The number of amides is 1. The van der Waals surface area contributed by atoms with Crippen molar-refractivity contribution < 1.29 is 4.79 Å². The molecule has 0 aromatic carbocycles. The van der Waals surface area contributed by atoms with Crippen molar-refractivity contribution in [2.24, 2.45) is 5.92 Å². The molecular formula is C14H26N2O. The minimum atomic E-state index is 0.301. The third-order valence-electron chi connectivity index (χ3n) is 4.41. The molecule has 3 nitrogen and oxygen atoms in total. The molecule has 1 saturated carbocycles. The minimum Gasteiger partial charge on any atom is -0.323 e. The number of carbonyl (C=O) groups is 1. The van der Waals surface area contributed by atoms with Crippen LogP contribution in [0.3, 0.4) is 0 Å². The van der Waals surface area contributed by atoms with Gasteiger partial charge in [0.25, 0.3) is 0 Å². The van der Waals surface area contributed by atoms with Crippen molar-refractivity contribution in [1.29, 1.82) is 0 Å². The van der Waals surface area contributed by atoms with Gasteiger partial charge < -0.3 is 4.90 Å². The van der Waals surface area contributed by atoms with Crippen LogP contribution in [0.1, 0.15) is 58.8 Å². The zero-order valence-corrected chi connectivity index (χ0v) is 11.2. The predicted molar refractivity (Wildman–Crippen MR) is 69.6 cm³/mol. The second kappa shape index (κ2) is 5.85. The number of nitrogens with one attached hydrogen (secondary N) is 1. The van der Waals surface area contributed by atoms with E-state index in [4.69, 9.17) is 0 Å². The summed E-state index contributed by atoms with van der Waals surface area (Å²) in [4.78, 5) is 14.1. The van der Waals surface area contributed by atoms with Gasteiger partial charge in [-0.3, -0.25) is 10.1 Å². The lowest BCUT2D eigenvalue weighted by Gasteiger charge is -2.37. The molecule has 1 atom stereocenters. The molecule has 0 spiro atoms. The highest BCUT2D eigenvalue weighted by Crippen LogP contribution is 2.32. The van der Waals surface area contributed by atoms with Crippen LogP contribution in [0.2, 0.25) is 0 Å². The molecule has 0 radical (unpaired) electrons. The van der Waals surface area contributed by atoms with Crippen LogP contribution in [-0.4, -0.2) is 29.6 Å². The van der Waals surface area contributed by atoms with E-state index in [9.17, 15) is 4.79 Å². The number of nitrogens with zero attached hydrogens (tertiary/aromatic N) is 1. The monoisotopic (exact) mass is 238 g/mol.